The Morgan fingerprint density at radius 1 is 1.65 bits per heavy atom. The van der Waals surface area contributed by atoms with Crippen LogP contribution in [-0.4, -0.2) is 26.8 Å². The lowest BCUT2D eigenvalue weighted by Gasteiger charge is -2.10. The van der Waals surface area contributed by atoms with E-state index in [-0.39, 0.29) is 5.56 Å². The number of carboxylic acids is 1. The number of hydrogen-bond acceptors (Lipinski definition) is 4. The van der Waals surface area contributed by atoms with Gasteiger partial charge in [-0.1, -0.05) is 13.3 Å². The molecule has 0 aliphatic carbocycles. The molecule has 17 heavy (non-hydrogen) atoms. The molecule has 0 radical (unpaired) electrons. The highest BCUT2D eigenvalue weighted by Gasteiger charge is 2.22. The van der Waals surface area contributed by atoms with Gasteiger partial charge in [0.15, 0.2) is 0 Å². The average Bonchev–Trinajstić information content (AvgIpc) is 2.82. The van der Waals surface area contributed by atoms with E-state index in [9.17, 15) is 4.79 Å². The maximum absolute atomic E-state index is 11.0. The highest BCUT2D eigenvalue weighted by atomic mass is 32.2. The van der Waals surface area contributed by atoms with Crippen molar-refractivity contribution in [3.63, 3.8) is 0 Å². The Morgan fingerprint density at radius 3 is 3.06 bits per heavy atom. The molecule has 1 N–H and O–H groups in total. The molecule has 2 rings (SSSR count). The molecule has 1 aliphatic rings. The molecule has 1 aliphatic heterocycles. The van der Waals surface area contributed by atoms with Gasteiger partial charge in [0.1, 0.15) is 5.82 Å². The summed E-state index contributed by atoms with van der Waals surface area (Å²) in [5.41, 5.74) is 0.927. The maximum Gasteiger partial charge on any atom is 0.339 e. The van der Waals surface area contributed by atoms with Gasteiger partial charge >= 0.3 is 5.97 Å². The predicted molar refractivity (Wildman–Crippen MR) is 67.4 cm³/mol. The second-order valence-corrected chi connectivity index (χ2v) is 5.46. The van der Waals surface area contributed by atoms with Gasteiger partial charge in [0.05, 0.1) is 16.5 Å². The lowest BCUT2D eigenvalue weighted by Crippen LogP contribution is -2.10. The Bertz CT molecular complexity index is 417. The Morgan fingerprint density at radius 2 is 2.47 bits per heavy atom. The van der Waals surface area contributed by atoms with Gasteiger partial charge in [-0.25, -0.2) is 14.8 Å². The minimum absolute atomic E-state index is 0.249. The number of thioether (sulfide) groups is 1. The summed E-state index contributed by atoms with van der Waals surface area (Å²) in [6.45, 7) is 2.03. The molecule has 5 heteroatoms. The summed E-state index contributed by atoms with van der Waals surface area (Å²) >= 11 is 1.86. The molecule has 2 heterocycles. The van der Waals surface area contributed by atoms with Crippen LogP contribution < -0.4 is 0 Å². The second kappa shape index (κ2) is 5.49. The molecule has 1 aromatic heterocycles. The van der Waals surface area contributed by atoms with Crippen LogP contribution in [0.4, 0.5) is 0 Å². The van der Waals surface area contributed by atoms with Crippen molar-refractivity contribution in [3.05, 3.63) is 23.3 Å². The summed E-state index contributed by atoms with van der Waals surface area (Å²) < 4.78 is 0. The predicted octanol–water partition coefficient (Wildman–Crippen LogP) is 2.70. The van der Waals surface area contributed by atoms with Crippen molar-refractivity contribution in [1.29, 1.82) is 0 Å². The summed E-state index contributed by atoms with van der Waals surface area (Å²) in [7, 11) is 0. The van der Waals surface area contributed by atoms with E-state index in [1.165, 1.54) is 12.6 Å². The van der Waals surface area contributed by atoms with Gasteiger partial charge in [0.25, 0.3) is 0 Å². The molecule has 1 fully saturated rings. The fourth-order valence-corrected chi connectivity index (χ4v) is 3.19. The first-order chi connectivity index (χ1) is 8.22. The van der Waals surface area contributed by atoms with Gasteiger partial charge in [0.2, 0.25) is 0 Å². The summed E-state index contributed by atoms with van der Waals surface area (Å²) in [4.78, 5) is 19.7. The number of aromatic carboxylic acids is 1. The highest BCUT2D eigenvalue weighted by molar-refractivity contribution is 7.99. The largest absolute Gasteiger partial charge is 0.478 e. The van der Waals surface area contributed by atoms with Crippen LogP contribution in [0, 0.1) is 0 Å². The van der Waals surface area contributed by atoms with Crippen molar-refractivity contribution in [2.75, 3.05) is 5.75 Å². The van der Waals surface area contributed by atoms with Gasteiger partial charge in [-0.15, -0.1) is 0 Å². The van der Waals surface area contributed by atoms with Crippen molar-refractivity contribution in [2.45, 2.75) is 37.9 Å². The number of nitrogens with zero attached hydrogens (tertiary/aromatic N) is 2. The van der Waals surface area contributed by atoms with Gasteiger partial charge in [-0.05, 0) is 25.0 Å². The number of carboxylic acid groups (broad SMARTS) is 1. The molecule has 0 aromatic carbocycles. The third-order valence-corrected chi connectivity index (χ3v) is 4.19. The summed E-state index contributed by atoms with van der Waals surface area (Å²) in [6.07, 6.45) is 5.36. The van der Waals surface area contributed by atoms with Crippen molar-refractivity contribution >= 4 is 17.7 Å². The van der Waals surface area contributed by atoms with E-state index in [1.54, 1.807) is 0 Å². The third-order valence-electron chi connectivity index (χ3n) is 2.82. The molecule has 0 bridgehead atoms. The highest BCUT2D eigenvalue weighted by Crippen LogP contribution is 2.38. The van der Waals surface area contributed by atoms with E-state index in [2.05, 4.69) is 9.97 Å². The van der Waals surface area contributed by atoms with E-state index in [4.69, 9.17) is 5.11 Å². The van der Waals surface area contributed by atoms with Crippen molar-refractivity contribution in [3.8, 4) is 0 Å². The lowest BCUT2D eigenvalue weighted by molar-refractivity contribution is 0.0694. The van der Waals surface area contributed by atoms with E-state index >= 15 is 0 Å². The smallest absolute Gasteiger partial charge is 0.339 e. The van der Waals surface area contributed by atoms with Crippen LogP contribution in [0.25, 0.3) is 0 Å². The first-order valence-electron chi connectivity index (χ1n) is 5.93. The first-order valence-corrected chi connectivity index (χ1v) is 6.98. The molecule has 4 nitrogen and oxygen atoms in total. The standard InChI is InChI=1S/C12H16N2O2S/c1-2-4-9-8(12(15)16)7-13-11(14-9)10-5-3-6-17-10/h7,10H,2-6H2,1H3,(H,15,16). The van der Waals surface area contributed by atoms with Crippen LogP contribution in [0.2, 0.25) is 0 Å². The molecule has 0 spiro atoms. The van der Waals surface area contributed by atoms with Crippen LogP contribution in [0.15, 0.2) is 6.20 Å². The molecule has 1 atom stereocenters. The Labute approximate surface area is 105 Å². The normalized spacial score (nSPS) is 19.5. The van der Waals surface area contributed by atoms with E-state index in [0.717, 1.165) is 24.4 Å². The van der Waals surface area contributed by atoms with E-state index in [1.807, 2.05) is 18.7 Å². The maximum atomic E-state index is 11.0. The number of aryl methyl sites for hydroxylation is 1. The van der Waals surface area contributed by atoms with E-state index in [0.29, 0.717) is 17.4 Å². The Kier molecular flexibility index (Phi) is 3.99. The SMILES string of the molecule is CCCc1nc(C2CCCS2)ncc1C(=O)O. The van der Waals surface area contributed by atoms with Gasteiger partial charge in [-0.2, -0.15) is 11.8 Å². The molecule has 1 saturated heterocycles. The molecule has 0 amide bonds. The molecular weight excluding hydrogens is 236 g/mol. The van der Waals surface area contributed by atoms with Crippen LogP contribution in [0.3, 0.4) is 0 Å². The van der Waals surface area contributed by atoms with Crippen LogP contribution in [-0.2, 0) is 6.42 Å². The monoisotopic (exact) mass is 252 g/mol. The molecule has 0 saturated carbocycles. The second-order valence-electron chi connectivity index (χ2n) is 4.15. The lowest BCUT2D eigenvalue weighted by atomic mass is 10.1. The zero-order valence-corrected chi connectivity index (χ0v) is 10.7. The zero-order chi connectivity index (χ0) is 12.3. The molecular formula is C12H16N2O2S. The fourth-order valence-electron chi connectivity index (χ4n) is 1.98. The Hall–Kier alpha value is -1.10. The van der Waals surface area contributed by atoms with Crippen molar-refractivity contribution < 1.29 is 9.90 Å². The van der Waals surface area contributed by atoms with Crippen LogP contribution in [0.1, 0.15) is 53.3 Å². The summed E-state index contributed by atoms with van der Waals surface area (Å²) in [6, 6.07) is 0. The topological polar surface area (TPSA) is 63.1 Å². The minimum atomic E-state index is -0.931. The molecule has 92 valence electrons. The minimum Gasteiger partial charge on any atom is -0.478 e. The van der Waals surface area contributed by atoms with Gasteiger partial charge in [-0.3, -0.25) is 0 Å². The molecule has 1 unspecified atom stereocenters. The van der Waals surface area contributed by atoms with Gasteiger partial charge in [0, 0.05) is 6.20 Å². The summed E-state index contributed by atoms with van der Waals surface area (Å²) in [5.74, 6) is 1.03. The fraction of sp³-hybridized carbons (Fsp3) is 0.583. The number of rotatable bonds is 4. The third kappa shape index (κ3) is 2.77. The zero-order valence-electron chi connectivity index (χ0n) is 9.85. The van der Waals surface area contributed by atoms with Crippen LogP contribution >= 0.6 is 11.8 Å². The van der Waals surface area contributed by atoms with Crippen LogP contribution in [0.5, 0.6) is 0 Å². The van der Waals surface area contributed by atoms with E-state index < -0.39 is 5.97 Å². The van der Waals surface area contributed by atoms with Gasteiger partial charge < -0.3 is 5.11 Å². The average molecular weight is 252 g/mol. The quantitative estimate of drug-likeness (QED) is 0.892. The Balaban J connectivity index is 2.30. The summed E-state index contributed by atoms with van der Waals surface area (Å²) in [5, 5.41) is 9.42. The number of hydrogen-bond donors (Lipinski definition) is 1. The molecule has 1 aromatic rings. The number of aromatic nitrogens is 2. The number of carbonyl (C=O) groups is 1. The van der Waals surface area contributed by atoms with Crippen molar-refractivity contribution in [2.24, 2.45) is 0 Å². The van der Waals surface area contributed by atoms with Crippen molar-refractivity contribution in [1.82, 2.24) is 9.97 Å². The first kappa shape index (κ1) is 12.4.